The highest BCUT2D eigenvalue weighted by Gasteiger charge is 2.13. The fraction of sp³-hybridized carbons (Fsp3) is 0.300. The molecule has 3 nitrogen and oxygen atoms in total. The number of anilines is 1. The second kappa shape index (κ2) is 5.37. The summed E-state index contributed by atoms with van der Waals surface area (Å²) in [6, 6.07) is 4.91. The molecule has 1 aromatic carbocycles. The van der Waals surface area contributed by atoms with Gasteiger partial charge in [0.1, 0.15) is 6.04 Å². The maximum Gasteiger partial charge on any atom is 0.327 e. The Morgan fingerprint density at radius 3 is 2.80 bits per heavy atom. The molecule has 1 aromatic rings. The summed E-state index contributed by atoms with van der Waals surface area (Å²) in [6.45, 7) is 1.73. The largest absolute Gasteiger partial charge is 0.467 e. The van der Waals surface area contributed by atoms with Crippen LogP contribution in [0.3, 0.4) is 0 Å². The monoisotopic (exact) mass is 291 g/mol. The SMILES string of the molecule is COC(=O)C(C)Nc1ccc(Cl)cc1Br. The Balaban J connectivity index is 2.76. The van der Waals surface area contributed by atoms with Gasteiger partial charge in [0.15, 0.2) is 0 Å². The van der Waals surface area contributed by atoms with E-state index in [1.54, 1.807) is 25.1 Å². The van der Waals surface area contributed by atoms with Gasteiger partial charge < -0.3 is 10.1 Å². The number of methoxy groups -OCH3 is 1. The van der Waals surface area contributed by atoms with Crippen LogP contribution in [0.2, 0.25) is 5.02 Å². The van der Waals surface area contributed by atoms with Crippen LogP contribution < -0.4 is 5.32 Å². The fourth-order valence-electron chi connectivity index (χ4n) is 1.08. The topological polar surface area (TPSA) is 38.3 Å². The normalized spacial score (nSPS) is 12.0. The van der Waals surface area contributed by atoms with Crippen molar-refractivity contribution in [3.8, 4) is 0 Å². The lowest BCUT2D eigenvalue weighted by Gasteiger charge is -2.14. The van der Waals surface area contributed by atoms with E-state index in [-0.39, 0.29) is 5.97 Å². The van der Waals surface area contributed by atoms with Crippen molar-refractivity contribution in [3.63, 3.8) is 0 Å². The van der Waals surface area contributed by atoms with E-state index in [0.29, 0.717) is 5.02 Å². The second-order valence-corrected chi connectivity index (χ2v) is 4.30. The smallest absolute Gasteiger partial charge is 0.327 e. The number of carbonyl (C=O) groups excluding carboxylic acids is 1. The number of ether oxygens (including phenoxy) is 1. The molecule has 0 radical (unpaired) electrons. The van der Waals surface area contributed by atoms with Crippen LogP contribution in [0.15, 0.2) is 22.7 Å². The number of hydrogen-bond acceptors (Lipinski definition) is 3. The van der Waals surface area contributed by atoms with Gasteiger partial charge in [-0.05, 0) is 41.1 Å². The summed E-state index contributed by atoms with van der Waals surface area (Å²) in [5.74, 6) is -0.308. The molecule has 0 aliphatic heterocycles. The third-order valence-electron chi connectivity index (χ3n) is 1.86. The van der Waals surface area contributed by atoms with Crippen LogP contribution in [-0.2, 0) is 9.53 Å². The summed E-state index contributed by atoms with van der Waals surface area (Å²) in [7, 11) is 1.36. The molecule has 0 aliphatic rings. The van der Waals surface area contributed by atoms with E-state index >= 15 is 0 Å². The van der Waals surface area contributed by atoms with Crippen molar-refractivity contribution in [1.29, 1.82) is 0 Å². The third kappa shape index (κ3) is 3.39. The van der Waals surface area contributed by atoms with Crippen molar-refractivity contribution >= 4 is 39.2 Å². The first-order valence-corrected chi connectivity index (χ1v) is 5.51. The van der Waals surface area contributed by atoms with E-state index in [2.05, 4.69) is 26.0 Å². The number of benzene rings is 1. The predicted octanol–water partition coefficient (Wildman–Crippen LogP) is 3.08. The number of esters is 1. The Hall–Kier alpha value is -0.740. The standard InChI is InChI=1S/C10H11BrClNO2/c1-6(10(14)15-2)13-9-4-3-7(12)5-8(9)11/h3-6,13H,1-2H3. The Morgan fingerprint density at radius 1 is 1.60 bits per heavy atom. The van der Waals surface area contributed by atoms with E-state index in [9.17, 15) is 4.79 Å². The zero-order valence-corrected chi connectivity index (χ0v) is 10.7. The molecule has 1 atom stereocenters. The lowest BCUT2D eigenvalue weighted by Crippen LogP contribution is -2.27. The van der Waals surface area contributed by atoms with Gasteiger partial charge in [-0.2, -0.15) is 0 Å². The molecule has 1 N–H and O–H groups in total. The zero-order valence-electron chi connectivity index (χ0n) is 8.38. The average molecular weight is 293 g/mol. The van der Waals surface area contributed by atoms with Crippen LogP contribution in [-0.4, -0.2) is 19.1 Å². The van der Waals surface area contributed by atoms with Crippen molar-refractivity contribution in [1.82, 2.24) is 0 Å². The van der Waals surface area contributed by atoms with Gasteiger partial charge in [0.2, 0.25) is 0 Å². The average Bonchev–Trinajstić information content (AvgIpc) is 2.20. The first-order chi connectivity index (χ1) is 7.04. The first kappa shape index (κ1) is 12.3. The van der Waals surface area contributed by atoms with Crippen LogP contribution in [0.4, 0.5) is 5.69 Å². The molecule has 0 fully saturated rings. The van der Waals surface area contributed by atoms with Gasteiger partial charge in [-0.25, -0.2) is 4.79 Å². The number of halogens is 2. The fourth-order valence-corrected chi connectivity index (χ4v) is 1.87. The molecule has 0 bridgehead atoms. The number of carbonyl (C=O) groups is 1. The highest BCUT2D eigenvalue weighted by atomic mass is 79.9. The van der Waals surface area contributed by atoms with Gasteiger partial charge in [0, 0.05) is 15.2 Å². The minimum Gasteiger partial charge on any atom is -0.467 e. The molecule has 0 saturated heterocycles. The van der Waals surface area contributed by atoms with E-state index < -0.39 is 6.04 Å². The van der Waals surface area contributed by atoms with Crippen molar-refractivity contribution < 1.29 is 9.53 Å². The first-order valence-electron chi connectivity index (χ1n) is 4.34. The number of hydrogen-bond donors (Lipinski definition) is 1. The maximum absolute atomic E-state index is 11.2. The van der Waals surface area contributed by atoms with Crippen LogP contribution in [0, 0.1) is 0 Å². The van der Waals surface area contributed by atoms with Crippen LogP contribution in [0.25, 0.3) is 0 Å². The van der Waals surface area contributed by atoms with E-state index in [0.717, 1.165) is 10.2 Å². The summed E-state index contributed by atoms with van der Waals surface area (Å²) in [5, 5.41) is 3.65. The van der Waals surface area contributed by atoms with Gasteiger partial charge in [0.25, 0.3) is 0 Å². The Kier molecular flexibility index (Phi) is 4.42. The molecule has 15 heavy (non-hydrogen) atoms. The minimum atomic E-state index is -0.396. The molecular weight excluding hydrogens is 281 g/mol. The minimum absolute atomic E-state index is 0.308. The lowest BCUT2D eigenvalue weighted by atomic mass is 10.2. The van der Waals surface area contributed by atoms with Crippen molar-refractivity contribution in [2.45, 2.75) is 13.0 Å². The number of nitrogens with one attached hydrogen (secondary N) is 1. The molecule has 0 spiro atoms. The number of rotatable bonds is 3. The zero-order chi connectivity index (χ0) is 11.4. The summed E-state index contributed by atoms with van der Waals surface area (Å²) in [5.41, 5.74) is 0.803. The molecule has 0 heterocycles. The highest BCUT2D eigenvalue weighted by Crippen LogP contribution is 2.26. The van der Waals surface area contributed by atoms with Gasteiger partial charge >= 0.3 is 5.97 Å². The molecule has 0 aromatic heterocycles. The summed E-state index contributed by atoms with van der Waals surface area (Å²) in [6.07, 6.45) is 0. The van der Waals surface area contributed by atoms with E-state index in [1.807, 2.05) is 0 Å². The van der Waals surface area contributed by atoms with Crippen molar-refractivity contribution in [3.05, 3.63) is 27.7 Å². The van der Waals surface area contributed by atoms with Gasteiger partial charge in [0.05, 0.1) is 7.11 Å². The molecule has 1 rings (SSSR count). The van der Waals surface area contributed by atoms with E-state index in [1.165, 1.54) is 7.11 Å². The van der Waals surface area contributed by atoms with Gasteiger partial charge in [-0.3, -0.25) is 0 Å². The maximum atomic E-state index is 11.2. The van der Waals surface area contributed by atoms with Gasteiger partial charge in [-0.15, -0.1) is 0 Å². The van der Waals surface area contributed by atoms with Crippen LogP contribution in [0.1, 0.15) is 6.92 Å². The molecule has 5 heteroatoms. The highest BCUT2D eigenvalue weighted by molar-refractivity contribution is 9.10. The summed E-state index contributed by atoms with van der Waals surface area (Å²) >= 11 is 9.14. The predicted molar refractivity (Wildman–Crippen MR) is 64.3 cm³/mol. The molecule has 0 amide bonds. The van der Waals surface area contributed by atoms with Gasteiger partial charge in [-0.1, -0.05) is 11.6 Å². The Labute approximate surface area is 102 Å². The third-order valence-corrected chi connectivity index (χ3v) is 2.75. The van der Waals surface area contributed by atoms with Crippen LogP contribution in [0.5, 0.6) is 0 Å². The lowest BCUT2D eigenvalue weighted by molar-refractivity contribution is -0.141. The second-order valence-electron chi connectivity index (χ2n) is 3.01. The molecule has 0 aliphatic carbocycles. The Morgan fingerprint density at radius 2 is 2.27 bits per heavy atom. The van der Waals surface area contributed by atoms with E-state index in [4.69, 9.17) is 11.6 Å². The molecular formula is C10H11BrClNO2. The summed E-state index contributed by atoms with van der Waals surface area (Å²) < 4.78 is 5.42. The molecule has 82 valence electrons. The summed E-state index contributed by atoms with van der Waals surface area (Å²) in [4.78, 5) is 11.2. The van der Waals surface area contributed by atoms with Crippen molar-refractivity contribution in [2.75, 3.05) is 12.4 Å². The molecule has 1 unspecified atom stereocenters. The quantitative estimate of drug-likeness (QED) is 0.870. The Bertz CT molecular complexity index is 370. The van der Waals surface area contributed by atoms with Crippen LogP contribution >= 0.6 is 27.5 Å². The molecule has 0 saturated carbocycles. The van der Waals surface area contributed by atoms with Crippen molar-refractivity contribution in [2.24, 2.45) is 0 Å².